The Balaban J connectivity index is 1.91. The van der Waals surface area contributed by atoms with Crippen molar-refractivity contribution in [2.45, 2.75) is 31.5 Å². The van der Waals surface area contributed by atoms with Gasteiger partial charge < -0.3 is 14.9 Å². The van der Waals surface area contributed by atoms with E-state index >= 15 is 0 Å². The average molecular weight is 444 g/mol. The number of allylic oxidation sites excluding steroid dienone is 1. The maximum Gasteiger partial charge on any atom is 0.283 e. The van der Waals surface area contributed by atoms with E-state index in [9.17, 15) is 18.6 Å². The second-order valence-corrected chi connectivity index (χ2v) is 9.65. The summed E-state index contributed by atoms with van der Waals surface area (Å²) in [4.78, 5) is 0.998. The van der Waals surface area contributed by atoms with Crippen LogP contribution in [0.25, 0.3) is 0 Å². The van der Waals surface area contributed by atoms with Crippen molar-refractivity contribution in [3.8, 4) is 0 Å². The number of benzene rings is 2. The highest BCUT2D eigenvalue weighted by atomic mass is 32.2. The average Bonchev–Trinajstić information content (AvgIpc) is 2.72. The van der Waals surface area contributed by atoms with E-state index in [1.54, 1.807) is 43.3 Å². The van der Waals surface area contributed by atoms with Crippen LogP contribution >= 0.6 is 0 Å². The van der Waals surface area contributed by atoms with Gasteiger partial charge in [-0.1, -0.05) is 30.3 Å². The Morgan fingerprint density at radius 3 is 2.58 bits per heavy atom. The first kappa shape index (κ1) is 21.9. The van der Waals surface area contributed by atoms with Gasteiger partial charge in [-0.2, -0.15) is 12.8 Å². The molecular weight excluding hydrogens is 416 g/mol. The first-order valence-corrected chi connectivity index (χ1v) is 11.7. The molecule has 1 aliphatic heterocycles. The SMILES string of the molecule is Cc1cc(C)c(S(=O)(=O)N=C2C=C3[NH+](CCO)CCOC3(O)c3ccccc32)cc1C. The third-order valence-corrected chi connectivity index (χ3v) is 7.44. The van der Waals surface area contributed by atoms with E-state index in [-0.39, 0.29) is 17.2 Å². The molecule has 164 valence electrons. The summed E-state index contributed by atoms with van der Waals surface area (Å²) in [5.74, 6) is -1.68. The summed E-state index contributed by atoms with van der Waals surface area (Å²) < 4.78 is 36.5. The van der Waals surface area contributed by atoms with Crippen molar-refractivity contribution in [2.24, 2.45) is 4.40 Å². The molecule has 4 rings (SSSR count). The smallest absolute Gasteiger partial charge is 0.283 e. The summed E-state index contributed by atoms with van der Waals surface area (Å²) in [6, 6.07) is 10.5. The van der Waals surface area contributed by atoms with Gasteiger partial charge in [-0.05, 0) is 43.5 Å². The number of aliphatic hydroxyl groups excluding tert-OH is 1. The Kier molecular flexibility index (Phi) is 5.61. The van der Waals surface area contributed by atoms with Gasteiger partial charge in [-0.3, -0.25) is 4.90 Å². The fourth-order valence-corrected chi connectivity index (χ4v) is 5.57. The normalized spacial score (nSPS) is 24.5. The molecule has 2 aromatic rings. The maximum atomic E-state index is 13.3. The van der Waals surface area contributed by atoms with Gasteiger partial charge in [0.1, 0.15) is 19.7 Å². The number of quaternary nitrogens is 1. The molecule has 0 aromatic heterocycles. The van der Waals surface area contributed by atoms with Gasteiger partial charge in [0, 0.05) is 17.2 Å². The van der Waals surface area contributed by atoms with Crippen molar-refractivity contribution in [1.82, 2.24) is 0 Å². The number of aliphatic hydroxyl groups is 2. The number of aryl methyl sites for hydroxylation is 3. The number of ether oxygens (including phenoxy) is 1. The maximum absolute atomic E-state index is 13.3. The van der Waals surface area contributed by atoms with E-state index in [4.69, 9.17) is 4.74 Å². The number of nitrogens with one attached hydrogen (secondary N) is 1. The summed E-state index contributed by atoms with van der Waals surface area (Å²) in [5, 5.41) is 20.9. The number of morpholine rings is 1. The highest BCUT2D eigenvalue weighted by molar-refractivity contribution is 7.90. The standard InChI is InChI=1S/C23H26N2O5S/c1-15-12-17(3)21(13-16(15)2)31(28,29)24-20-14-22-23(27,19-7-5-4-6-18(19)20)30-11-9-25(22)8-10-26/h4-7,12-14,26-27H,8-11H2,1-3H3/p+1. The third kappa shape index (κ3) is 3.75. The predicted molar refractivity (Wildman–Crippen MR) is 117 cm³/mol. The molecular formula is C23H27N2O5S+. The number of nitrogens with zero attached hydrogens (tertiary/aromatic N) is 1. The molecule has 0 bridgehead atoms. The van der Waals surface area contributed by atoms with Crippen LogP contribution in [-0.2, 0) is 20.5 Å². The number of sulfonamides is 1. The molecule has 1 fully saturated rings. The Morgan fingerprint density at radius 1 is 1.13 bits per heavy atom. The lowest BCUT2D eigenvalue weighted by Crippen LogP contribution is -3.14. The Morgan fingerprint density at radius 2 is 1.84 bits per heavy atom. The van der Waals surface area contributed by atoms with Crippen LogP contribution in [0.4, 0.5) is 0 Å². The van der Waals surface area contributed by atoms with Gasteiger partial charge in [0.25, 0.3) is 15.8 Å². The number of hydrogen-bond acceptors (Lipinski definition) is 5. The van der Waals surface area contributed by atoms with E-state index in [1.165, 1.54) is 0 Å². The number of rotatable bonds is 4. The molecule has 0 radical (unpaired) electrons. The minimum atomic E-state index is -4.00. The third-order valence-electron chi connectivity index (χ3n) is 6.01. The molecule has 1 aliphatic carbocycles. The Labute approximate surface area is 182 Å². The lowest BCUT2D eigenvalue weighted by molar-refractivity contribution is -0.882. The van der Waals surface area contributed by atoms with Crippen LogP contribution in [0.15, 0.2) is 57.5 Å². The van der Waals surface area contributed by atoms with Crippen LogP contribution in [-0.4, -0.2) is 50.6 Å². The molecule has 7 nitrogen and oxygen atoms in total. The van der Waals surface area contributed by atoms with Crippen molar-refractivity contribution in [2.75, 3.05) is 26.3 Å². The predicted octanol–water partition coefficient (Wildman–Crippen LogP) is 0.740. The van der Waals surface area contributed by atoms with Gasteiger partial charge in [0.15, 0.2) is 5.70 Å². The molecule has 1 saturated heterocycles. The Hall–Kier alpha value is -2.36. The van der Waals surface area contributed by atoms with Gasteiger partial charge >= 0.3 is 0 Å². The first-order chi connectivity index (χ1) is 14.7. The number of fused-ring (bicyclic) bond motifs is 3. The number of hydrogen-bond donors (Lipinski definition) is 3. The highest BCUT2D eigenvalue weighted by Gasteiger charge is 2.49. The van der Waals surface area contributed by atoms with Crippen molar-refractivity contribution in [3.05, 3.63) is 76.0 Å². The van der Waals surface area contributed by atoms with Gasteiger partial charge in [0.2, 0.25) is 0 Å². The summed E-state index contributed by atoms with van der Waals surface area (Å²) >= 11 is 0. The zero-order valence-corrected chi connectivity index (χ0v) is 18.7. The zero-order chi connectivity index (χ0) is 22.4. The molecule has 2 aromatic carbocycles. The molecule has 0 spiro atoms. The minimum Gasteiger partial charge on any atom is -0.391 e. The summed E-state index contributed by atoms with van der Waals surface area (Å²) in [5.41, 5.74) is 4.18. The molecule has 31 heavy (non-hydrogen) atoms. The molecule has 2 aliphatic rings. The molecule has 0 amide bonds. The van der Waals surface area contributed by atoms with Crippen LogP contribution in [0.5, 0.6) is 0 Å². The van der Waals surface area contributed by atoms with Gasteiger partial charge in [0.05, 0.1) is 17.2 Å². The minimum absolute atomic E-state index is 0.0724. The van der Waals surface area contributed by atoms with Gasteiger partial charge in [-0.15, -0.1) is 0 Å². The van der Waals surface area contributed by atoms with Crippen LogP contribution in [0.3, 0.4) is 0 Å². The molecule has 0 saturated carbocycles. The van der Waals surface area contributed by atoms with E-state index in [1.807, 2.05) is 19.9 Å². The van der Waals surface area contributed by atoms with Crippen LogP contribution < -0.4 is 4.90 Å². The topological polar surface area (TPSA) is 101 Å². The van der Waals surface area contributed by atoms with E-state index in [0.29, 0.717) is 42.1 Å². The summed E-state index contributed by atoms with van der Waals surface area (Å²) in [6.45, 7) is 6.72. The Bertz CT molecular complexity index is 1200. The second kappa shape index (κ2) is 7.96. The molecule has 8 heteroatoms. The van der Waals surface area contributed by atoms with E-state index in [2.05, 4.69) is 4.40 Å². The van der Waals surface area contributed by atoms with Crippen LogP contribution in [0.1, 0.15) is 27.8 Å². The summed E-state index contributed by atoms with van der Waals surface area (Å²) in [6.07, 6.45) is 1.58. The largest absolute Gasteiger partial charge is 0.391 e. The first-order valence-electron chi connectivity index (χ1n) is 10.2. The fraction of sp³-hybridized carbons (Fsp3) is 0.348. The van der Waals surface area contributed by atoms with Crippen LogP contribution in [0.2, 0.25) is 0 Å². The molecule has 2 atom stereocenters. The van der Waals surface area contributed by atoms with E-state index in [0.717, 1.165) is 16.0 Å². The monoisotopic (exact) mass is 443 g/mol. The van der Waals surface area contributed by atoms with Gasteiger partial charge in [-0.25, -0.2) is 0 Å². The fourth-order valence-electron chi connectivity index (χ4n) is 4.27. The van der Waals surface area contributed by atoms with Crippen molar-refractivity contribution in [3.63, 3.8) is 0 Å². The lowest BCUT2D eigenvalue weighted by Gasteiger charge is -2.41. The van der Waals surface area contributed by atoms with Crippen molar-refractivity contribution < 1.29 is 28.3 Å². The van der Waals surface area contributed by atoms with Crippen LogP contribution in [0, 0.1) is 20.8 Å². The molecule has 3 N–H and O–H groups in total. The van der Waals surface area contributed by atoms with Crippen molar-refractivity contribution in [1.29, 1.82) is 0 Å². The molecule has 1 heterocycles. The van der Waals surface area contributed by atoms with E-state index < -0.39 is 15.8 Å². The second-order valence-electron chi connectivity index (χ2n) is 8.08. The quantitative estimate of drug-likeness (QED) is 0.647. The summed E-state index contributed by atoms with van der Waals surface area (Å²) in [7, 11) is -4.00. The highest BCUT2D eigenvalue weighted by Crippen LogP contribution is 2.37. The van der Waals surface area contributed by atoms with Crippen molar-refractivity contribution >= 4 is 15.7 Å². The zero-order valence-electron chi connectivity index (χ0n) is 17.8. The molecule has 2 unspecified atom stereocenters. The lowest BCUT2D eigenvalue weighted by atomic mass is 9.86.